The van der Waals surface area contributed by atoms with Gasteiger partial charge in [-0.2, -0.15) is 0 Å². The molecule has 2 amide bonds. The summed E-state index contributed by atoms with van der Waals surface area (Å²) < 4.78 is 38.4. The van der Waals surface area contributed by atoms with Crippen LogP contribution in [0.2, 0.25) is 0 Å². The average molecular weight is 312 g/mol. The Morgan fingerprint density at radius 1 is 1.18 bits per heavy atom. The van der Waals surface area contributed by atoms with E-state index >= 15 is 0 Å². The van der Waals surface area contributed by atoms with Crippen LogP contribution in [-0.4, -0.2) is 49.4 Å². The van der Waals surface area contributed by atoms with E-state index in [2.05, 4.69) is 5.32 Å². The van der Waals surface area contributed by atoms with Crippen LogP contribution in [0.4, 0.5) is 19.3 Å². The molecular weight excluding hydrogens is 294 g/mol. The molecule has 2 heterocycles. The minimum Gasteiger partial charge on any atom is -0.381 e. The van der Waals surface area contributed by atoms with Gasteiger partial charge in [0.05, 0.1) is 18.8 Å². The third-order valence-electron chi connectivity index (χ3n) is 4.13. The van der Waals surface area contributed by atoms with Crippen LogP contribution in [0.5, 0.6) is 0 Å². The van der Waals surface area contributed by atoms with Crippen molar-refractivity contribution in [3.05, 3.63) is 29.8 Å². The molecule has 0 radical (unpaired) electrons. The molecule has 0 saturated carbocycles. The molecule has 0 aliphatic carbocycles. The number of urea groups is 1. The highest BCUT2D eigenvalue weighted by molar-refractivity contribution is 5.89. The van der Waals surface area contributed by atoms with Crippen molar-refractivity contribution in [2.24, 2.45) is 0 Å². The number of halogens is 2. The minimum atomic E-state index is -0.789. The number of morpholine rings is 1. The van der Waals surface area contributed by atoms with Crippen molar-refractivity contribution in [1.29, 1.82) is 0 Å². The van der Waals surface area contributed by atoms with Gasteiger partial charge >= 0.3 is 6.03 Å². The lowest BCUT2D eigenvalue weighted by atomic mass is 9.92. The first-order chi connectivity index (χ1) is 10.6. The molecule has 1 N–H and O–H groups in total. The van der Waals surface area contributed by atoms with E-state index in [1.165, 1.54) is 6.07 Å². The summed E-state index contributed by atoms with van der Waals surface area (Å²) in [6, 6.07) is 2.96. The number of carbonyl (C=O) groups excluding carboxylic acids is 1. The van der Waals surface area contributed by atoms with Gasteiger partial charge in [0.25, 0.3) is 0 Å². The van der Waals surface area contributed by atoms with Gasteiger partial charge in [0.15, 0.2) is 0 Å². The molecule has 0 aromatic heterocycles. The Bertz CT molecular complexity index is 536. The second kappa shape index (κ2) is 6.18. The van der Waals surface area contributed by atoms with Gasteiger partial charge in [0.2, 0.25) is 0 Å². The maximum absolute atomic E-state index is 13.6. The van der Waals surface area contributed by atoms with Gasteiger partial charge in [0.1, 0.15) is 17.3 Å². The van der Waals surface area contributed by atoms with Crippen molar-refractivity contribution in [1.82, 2.24) is 4.90 Å². The topological polar surface area (TPSA) is 50.8 Å². The van der Waals surface area contributed by atoms with E-state index in [0.717, 1.165) is 12.1 Å². The number of hydrogen-bond donors (Lipinski definition) is 1. The lowest BCUT2D eigenvalue weighted by Gasteiger charge is -2.44. The van der Waals surface area contributed by atoms with Crippen LogP contribution in [-0.2, 0) is 9.47 Å². The molecule has 2 aliphatic rings. The summed E-state index contributed by atoms with van der Waals surface area (Å²) in [6.45, 7) is 2.39. The highest BCUT2D eigenvalue weighted by atomic mass is 19.1. The van der Waals surface area contributed by atoms with Gasteiger partial charge in [-0.25, -0.2) is 13.6 Å². The molecular formula is C15H18F2N2O3. The number of amides is 2. The minimum absolute atomic E-state index is 0.393. The Morgan fingerprint density at radius 2 is 1.86 bits per heavy atom. The van der Waals surface area contributed by atoms with E-state index in [0.29, 0.717) is 45.8 Å². The van der Waals surface area contributed by atoms with Crippen molar-refractivity contribution < 1.29 is 23.0 Å². The smallest absolute Gasteiger partial charge is 0.322 e. The summed E-state index contributed by atoms with van der Waals surface area (Å²) >= 11 is 0. The normalized spacial score (nSPS) is 20.9. The third kappa shape index (κ3) is 3.05. The van der Waals surface area contributed by atoms with Crippen molar-refractivity contribution >= 4 is 11.7 Å². The van der Waals surface area contributed by atoms with Crippen LogP contribution in [0.3, 0.4) is 0 Å². The number of anilines is 1. The van der Waals surface area contributed by atoms with Crippen molar-refractivity contribution in [3.63, 3.8) is 0 Å². The summed E-state index contributed by atoms with van der Waals surface area (Å²) in [5.74, 6) is -1.58. The second-order valence-corrected chi connectivity index (χ2v) is 5.59. The lowest BCUT2D eigenvalue weighted by molar-refractivity contribution is -0.144. The van der Waals surface area contributed by atoms with E-state index < -0.39 is 29.0 Å². The zero-order valence-corrected chi connectivity index (χ0v) is 12.1. The SMILES string of the molecule is O=C(Nc1c(F)cccc1F)N1CCOC2(CCOCC2)C1. The number of nitrogens with one attached hydrogen (secondary N) is 1. The Labute approximate surface area is 127 Å². The largest absolute Gasteiger partial charge is 0.381 e. The molecule has 7 heteroatoms. The van der Waals surface area contributed by atoms with Crippen LogP contribution in [0, 0.1) is 11.6 Å². The number of hydrogen-bond acceptors (Lipinski definition) is 3. The molecule has 0 unspecified atom stereocenters. The molecule has 1 spiro atoms. The van der Waals surface area contributed by atoms with Gasteiger partial charge in [-0.05, 0) is 12.1 Å². The molecule has 3 rings (SSSR count). The summed E-state index contributed by atoms with van der Waals surface area (Å²) in [4.78, 5) is 13.8. The van der Waals surface area contributed by atoms with Gasteiger partial charge in [-0.1, -0.05) is 6.07 Å². The van der Waals surface area contributed by atoms with Crippen LogP contribution in [0.15, 0.2) is 18.2 Å². The van der Waals surface area contributed by atoms with Gasteiger partial charge in [-0.15, -0.1) is 0 Å². The van der Waals surface area contributed by atoms with Gasteiger partial charge in [0, 0.05) is 32.6 Å². The van der Waals surface area contributed by atoms with E-state index in [4.69, 9.17) is 9.47 Å². The van der Waals surface area contributed by atoms with Crippen molar-refractivity contribution in [2.75, 3.05) is 38.2 Å². The fraction of sp³-hybridized carbons (Fsp3) is 0.533. The summed E-state index contributed by atoms with van der Waals surface area (Å²) in [6.07, 6.45) is 1.43. The van der Waals surface area contributed by atoms with Crippen LogP contribution < -0.4 is 5.32 Å². The predicted molar refractivity (Wildman–Crippen MR) is 75.7 cm³/mol. The molecule has 2 aliphatic heterocycles. The first kappa shape index (κ1) is 15.2. The van der Waals surface area contributed by atoms with Crippen LogP contribution in [0.25, 0.3) is 0 Å². The Balaban J connectivity index is 1.69. The molecule has 120 valence electrons. The van der Waals surface area contributed by atoms with Gasteiger partial charge in [-0.3, -0.25) is 0 Å². The quantitative estimate of drug-likeness (QED) is 0.866. The summed E-state index contributed by atoms with van der Waals surface area (Å²) in [5, 5.41) is 2.32. The second-order valence-electron chi connectivity index (χ2n) is 5.59. The maximum atomic E-state index is 13.6. The summed E-state index contributed by atoms with van der Waals surface area (Å²) in [7, 11) is 0. The van der Waals surface area contributed by atoms with Crippen LogP contribution >= 0.6 is 0 Å². The number of carbonyl (C=O) groups is 1. The highest BCUT2D eigenvalue weighted by Gasteiger charge is 2.39. The van der Waals surface area contributed by atoms with E-state index in [1.807, 2.05) is 0 Å². The first-order valence-electron chi connectivity index (χ1n) is 7.31. The Hall–Kier alpha value is -1.73. The van der Waals surface area contributed by atoms with E-state index in [-0.39, 0.29) is 0 Å². The molecule has 2 saturated heterocycles. The maximum Gasteiger partial charge on any atom is 0.322 e. The Kier molecular flexibility index (Phi) is 4.26. The van der Waals surface area contributed by atoms with Crippen LogP contribution in [0.1, 0.15) is 12.8 Å². The number of nitrogens with zero attached hydrogens (tertiary/aromatic N) is 1. The molecule has 1 aromatic rings. The lowest BCUT2D eigenvalue weighted by Crippen LogP contribution is -2.56. The number of ether oxygens (including phenoxy) is 2. The molecule has 22 heavy (non-hydrogen) atoms. The molecule has 5 nitrogen and oxygen atoms in total. The molecule has 1 aromatic carbocycles. The zero-order chi connectivity index (χ0) is 15.6. The number of benzene rings is 1. The predicted octanol–water partition coefficient (Wildman–Crippen LogP) is 2.38. The first-order valence-corrected chi connectivity index (χ1v) is 7.31. The molecule has 2 fully saturated rings. The van der Waals surface area contributed by atoms with Crippen molar-refractivity contribution in [2.45, 2.75) is 18.4 Å². The highest BCUT2D eigenvalue weighted by Crippen LogP contribution is 2.29. The zero-order valence-electron chi connectivity index (χ0n) is 12.1. The van der Waals surface area contributed by atoms with Crippen molar-refractivity contribution in [3.8, 4) is 0 Å². The monoisotopic (exact) mass is 312 g/mol. The summed E-state index contributed by atoms with van der Waals surface area (Å²) in [5.41, 5.74) is -0.818. The van der Waals surface area contributed by atoms with E-state index in [9.17, 15) is 13.6 Å². The Morgan fingerprint density at radius 3 is 2.55 bits per heavy atom. The standard InChI is InChI=1S/C15H18F2N2O3/c16-11-2-1-3-12(17)13(11)18-14(20)19-6-9-22-15(10-19)4-7-21-8-5-15/h1-3H,4-10H2,(H,18,20). The molecule has 0 bridgehead atoms. The van der Waals surface area contributed by atoms with E-state index in [1.54, 1.807) is 4.90 Å². The number of para-hydroxylation sites is 1. The fourth-order valence-electron chi connectivity index (χ4n) is 2.87. The molecule has 0 atom stereocenters. The number of rotatable bonds is 1. The van der Waals surface area contributed by atoms with Gasteiger partial charge < -0.3 is 19.7 Å². The fourth-order valence-corrected chi connectivity index (χ4v) is 2.87. The third-order valence-corrected chi connectivity index (χ3v) is 4.13. The average Bonchev–Trinajstić information content (AvgIpc) is 2.52.